The Kier molecular flexibility index (Phi) is 6.58. The largest absolute Gasteiger partial charge is 0.477 e. The summed E-state index contributed by atoms with van der Waals surface area (Å²) in [4.78, 5) is 32.0. The second-order valence-electron chi connectivity index (χ2n) is 10.5. The minimum atomic E-state index is -1.10. The Labute approximate surface area is 216 Å². The number of nitrogens with zero attached hydrogens (tertiary/aromatic N) is 5. The lowest BCUT2D eigenvalue weighted by atomic mass is 9.82. The van der Waals surface area contributed by atoms with Crippen LogP contribution in [0.1, 0.15) is 62.4 Å². The van der Waals surface area contributed by atoms with Gasteiger partial charge < -0.3 is 9.51 Å². The Balaban J connectivity index is 1.46. The molecule has 1 fully saturated rings. The first-order chi connectivity index (χ1) is 17.7. The van der Waals surface area contributed by atoms with E-state index < -0.39 is 5.97 Å². The summed E-state index contributed by atoms with van der Waals surface area (Å²) in [5.41, 5.74) is 4.55. The minimum Gasteiger partial charge on any atom is -0.477 e. The number of aryl methyl sites for hydroxylation is 1. The van der Waals surface area contributed by atoms with E-state index in [1.165, 1.54) is 6.20 Å². The number of fused-ring (bicyclic) bond motifs is 1. The van der Waals surface area contributed by atoms with E-state index in [-0.39, 0.29) is 29.2 Å². The number of carbonyl (C=O) groups is 2. The van der Waals surface area contributed by atoms with Gasteiger partial charge in [0.2, 0.25) is 5.91 Å². The number of hydrogen-bond acceptors (Lipinski definition) is 4. The zero-order valence-corrected chi connectivity index (χ0v) is 21.8. The van der Waals surface area contributed by atoms with Gasteiger partial charge in [0, 0.05) is 36.1 Å². The molecule has 0 aliphatic heterocycles. The third-order valence-corrected chi connectivity index (χ3v) is 7.30. The van der Waals surface area contributed by atoms with Crippen molar-refractivity contribution in [1.29, 1.82) is 0 Å². The molecule has 0 spiro atoms. The number of aromatic nitrogens is 4. The van der Waals surface area contributed by atoms with Crippen LogP contribution in [0.4, 0.5) is 5.82 Å². The molecule has 8 heteroatoms. The van der Waals surface area contributed by atoms with Crippen LogP contribution in [0.25, 0.3) is 22.6 Å². The molecule has 0 bridgehead atoms. The van der Waals surface area contributed by atoms with E-state index in [4.69, 9.17) is 4.98 Å². The van der Waals surface area contributed by atoms with Gasteiger partial charge in [0.25, 0.3) is 0 Å². The summed E-state index contributed by atoms with van der Waals surface area (Å²) in [5, 5.41) is 14.6. The molecule has 1 aromatic carbocycles. The maximum Gasteiger partial charge on any atom is 0.341 e. The van der Waals surface area contributed by atoms with Gasteiger partial charge in [0.1, 0.15) is 11.2 Å². The van der Waals surface area contributed by atoms with E-state index in [1.54, 1.807) is 9.58 Å². The minimum absolute atomic E-state index is 0.0195. The predicted molar refractivity (Wildman–Crippen MR) is 143 cm³/mol. The lowest BCUT2D eigenvalue weighted by Gasteiger charge is -2.32. The van der Waals surface area contributed by atoms with Gasteiger partial charge in [-0.15, -0.1) is 5.10 Å². The third kappa shape index (κ3) is 4.88. The van der Waals surface area contributed by atoms with Crippen molar-refractivity contribution in [1.82, 2.24) is 19.2 Å². The topological polar surface area (TPSA) is 92.7 Å². The quantitative estimate of drug-likeness (QED) is 0.364. The Morgan fingerprint density at radius 2 is 1.70 bits per heavy atom. The van der Waals surface area contributed by atoms with Gasteiger partial charge in [-0.25, -0.2) is 14.5 Å². The molecule has 37 heavy (non-hydrogen) atoms. The number of rotatable bonds is 6. The van der Waals surface area contributed by atoms with Gasteiger partial charge in [0.05, 0.1) is 11.4 Å². The smallest absolute Gasteiger partial charge is 0.341 e. The molecule has 1 amide bonds. The highest BCUT2D eigenvalue weighted by atomic mass is 16.4. The van der Waals surface area contributed by atoms with Crippen LogP contribution in [-0.4, -0.2) is 42.2 Å². The van der Waals surface area contributed by atoms with Crippen LogP contribution in [0.2, 0.25) is 0 Å². The van der Waals surface area contributed by atoms with Crippen LogP contribution in [0.5, 0.6) is 0 Å². The van der Waals surface area contributed by atoms with Gasteiger partial charge in [-0.2, -0.15) is 0 Å². The van der Waals surface area contributed by atoms with Crippen LogP contribution >= 0.6 is 0 Å². The molecule has 4 aromatic rings. The van der Waals surface area contributed by atoms with E-state index >= 15 is 0 Å². The molecule has 0 radical (unpaired) electrons. The fourth-order valence-corrected chi connectivity index (χ4v) is 5.16. The molecule has 1 aliphatic carbocycles. The average molecular weight is 500 g/mol. The number of carbonyl (C=O) groups excluding carboxylic acids is 1. The second kappa shape index (κ2) is 9.84. The monoisotopic (exact) mass is 499 g/mol. The summed E-state index contributed by atoms with van der Waals surface area (Å²) in [6.45, 7) is 8.06. The van der Waals surface area contributed by atoms with Crippen molar-refractivity contribution in [3.8, 4) is 16.9 Å². The molecule has 0 atom stereocenters. The molecule has 1 aliphatic rings. The number of pyridine rings is 1. The van der Waals surface area contributed by atoms with E-state index in [9.17, 15) is 14.7 Å². The standard InChI is InChI=1S/C29H33N5O3/c1-18(2)34(28(35)22-8-5-19(3)6-9-22)27-24(29(36)37)16-33(31-27)23-12-10-21(11-13-23)25-17-32-15-20(4)7-14-26(32)30-25/h7,10-19,22H,5-6,8-9H2,1-4H3,(H,36,37)/t19-,22-. The molecule has 192 valence electrons. The molecule has 1 N–H and O–H groups in total. The predicted octanol–water partition coefficient (Wildman–Crippen LogP) is 5.76. The zero-order chi connectivity index (χ0) is 26.3. The van der Waals surface area contributed by atoms with Crippen LogP contribution in [0, 0.1) is 18.8 Å². The summed E-state index contributed by atoms with van der Waals surface area (Å²) in [7, 11) is 0. The van der Waals surface area contributed by atoms with Crippen molar-refractivity contribution in [2.24, 2.45) is 11.8 Å². The van der Waals surface area contributed by atoms with Crippen LogP contribution in [0.15, 0.2) is 55.0 Å². The third-order valence-electron chi connectivity index (χ3n) is 7.30. The number of imidazole rings is 1. The molecule has 0 saturated heterocycles. The molecular formula is C29H33N5O3. The van der Waals surface area contributed by atoms with Gasteiger partial charge in [-0.1, -0.05) is 25.1 Å². The lowest BCUT2D eigenvalue weighted by molar-refractivity contribution is -0.124. The Morgan fingerprint density at radius 1 is 1.00 bits per heavy atom. The fraction of sp³-hybridized carbons (Fsp3) is 0.379. The van der Waals surface area contributed by atoms with Crippen molar-refractivity contribution in [3.05, 3.63) is 66.1 Å². The first-order valence-corrected chi connectivity index (χ1v) is 12.9. The molecule has 3 aromatic heterocycles. The number of benzene rings is 1. The summed E-state index contributed by atoms with van der Waals surface area (Å²) >= 11 is 0. The average Bonchev–Trinajstić information content (AvgIpc) is 3.49. The highest BCUT2D eigenvalue weighted by molar-refractivity contribution is 6.01. The lowest BCUT2D eigenvalue weighted by Crippen LogP contribution is -2.43. The first kappa shape index (κ1) is 24.7. The van der Waals surface area contributed by atoms with E-state index in [1.807, 2.05) is 74.0 Å². The van der Waals surface area contributed by atoms with Gasteiger partial charge in [-0.3, -0.25) is 9.69 Å². The number of carboxylic acids is 1. The van der Waals surface area contributed by atoms with E-state index in [0.717, 1.165) is 48.2 Å². The Bertz CT molecular complexity index is 1440. The molecule has 3 heterocycles. The second-order valence-corrected chi connectivity index (χ2v) is 10.5. The number of amides is 1. The summed E-state index contributed by atoms with van der Waals surface area (Å²) < 4.78 is 3.54. The van der Waals surface area contributed by atoms with Crippen molar-refractivity contribution < 1.29 is 14.7 Å². The number of aromatic carboxylic acids is 1. The summed E-state index contributed by atoms with van der Waals surface area (Å²) in [6.07, 6.45) is 9.21. The highest BCUT2D eigenvalue weighted by Gasteiger charge is 2.34. The van der Waals surface area contributed by atoms with Crippen molar-refractivity contribution in [3.63, 3.8) is 0 Å². The molecule has 8 nitrogen and oxygen atoms in total. The zero-order valence-electron chi connectivity index (χ0n) is 21.8. The number of carboxylic acid groups (broad SMARTS) is 1. The van der Waals surface area contributed by atoms with Crippen molar-refractivity contribution in [2.75, 3.05) is 4.90 Å². The molecular weight excluding hydrogens is 466 g/mol. The van der Waals surface area contributed by atoms with Crippen LogP contribution in [-0.2, 0) is 4.79 Å². The molecule has 5 rings (SSSR count). The maximum atomic E-state index is 13.5. The van der Waals surface area contributed by atoms with Gasteiger partial charge >= 0.3 is 5.97 Å². The van der Waals surface area contributed by atoms with Crippen molar-refractivity contribution in [2.45, 2.75) is 59.4 Å². The van der Waals surface area contributed by atoms with E-state index in [0.29, 0.717) is 11.6 Å². The normalized spacial score (nSPS) is 17.9. The van der Waals surface area contributed by atoms with Crippen molar-refractivity contribution >= 4 is 23.3 Å². The highest BCUT2D eigenvalue weighted by Crippen LogP contribution is 2.33. The SMILES string of the molecule is Cc1ccc2nc(-c3ccc(-n4cc(C(=O)O)c(N(C(=O)[C@H]5CC[C@H](C)CC5)C(C)C)n4)cc3)cn2c1. The Morgan fingerprint density at radius 3 is 2.35 bits per heavy atom. The summed E-state index contributed by atoms with van der Waals surface area (Å²) in [5.74, 6) is -0.413. The Hall–Kier alpha value is -3.94. The summed E-state index contributed by atoms with van der Waals surface area (Å²) in [6, 6.07) is 11.5. The molecule has 1 saturated carbocycles. The fourth-order valence-electron chi connectivity index (χ4n) is 5.16. The number of hydrogen-bond donors (Lipinski definition) is 1. The van der Waals surface area contributed by atoms with Crippen LogP contribution < -0.4 is 4.90 Å². The van der Waals surface area contributed by atoms with E-state index in [2.05, 4.69) is 12.0 Å². The molecule has 0 unspecified atom stereocenters. The van der Waals surface area contributed by atoms with Crippen LogP contribution in [0.3, 0.4) is 0 Å². The van der Waals surface area contributed by atoms with Gasteiger partial charge in [-0.05, 0) is 76.1 Å². The first-order valence-electron chi connectivity index (χ1n) is 12.9. The maximum absolute atomic E-state index is 13.5. The number of anilines is 1. The van der Waals surface area contributed by atoms with Gasteiger partial charge in [0.15, 0.2) is 5.82 Å².